The molecule has 2 aromatic heterocycles. The molecule has 2 aromatic carbocycles. The second-order valence-corrected chi connectivity index (χ2v) is 7.10. The van der Waals surface area contributed by atoms with Crippen molar-refractivity contribution < 1.29 is 4.39 Å². The molecule has 0 fully saturated rings. The molecule has 0 N–H and O–H groups in total. The molecule has 0 radical (unpaired) electrons. The number of hydrogen-bond acceptors (Lipinski definition) is 3. The van der Waals surface area contributed by atoms with Gasteiger partial charge < -0.3 is 0 Å². The maximum Gasteiger partial charge on any atom is 0.127 e. The summed E-state index contributed by atoms with van der Waals surface area (Å²) in [6, 6.07) is 15.5. The number of fused-ring (bicyclic) bond motifs is 2. The highest BCUT2D eigenvalue weighted by molar-refractivity contribution is 5.94. The summed E-state index contributed by atoms with van der Waals surface area (Å²) in [5, 5.41) is 5.55. The number of rotatable bonds is 3. The van der Waals surface area contributed by atoms with Crippen molar-refractivity contribution in [2.24, 2.45) is 7.05 Å². The lowest BCUT2D eigenvalue weighted by molar-refractivity contribution is 0.270. The summed E-state index contributed by atoms with van der Waals surface area (Å²) in [6.07, 6.45) is 3.83. The molecule has 0 spiro atoms. The first-order valence-electron chi connectivity index (χ1n) is 9.04. The van der Waals surface area contributed by atoms with Crippen molar-refractivity contribution in [1.82, 2.24) is 19.7 Å². The van der Waals surface area contributed by atoms with E-state index < -0.39 is 0 Å². The fourth-order valence-corrected chi connectivity index (χ4v) is 3.90. The van der Waals surface area contributed by atoms with Gasteiger partial charge in [-0.05, 0) is 41.0 Å². The monoisotopic (exact) mass is 358 g/mol. The SMILES string of the molecule is Cn1cc2c(-c3ccc(F)c(CN4Cc5cccnc5C4)c3)cccc2n1. The molecular weight excluding hydrogens is 339 g/mol. The molecule has 0 saturated heterocycles. The van der Waals surface area contributed by atoms with E-state index in [9.17, 15) is 4.39 Å². The van der Waals surface area contributed by atoms with Crippen LogP contribution in [0.15, 0.2) is 60.9 Å². The Balaban J connectivity index is 1.48. The van der Waals surface area contributed by atoms with Gasteiger partial charge in [0.05, 0.1) is 11.2 Å². The predicted octanol–water partition coefficient (Wildman–Crippen LogP) is 4.29. The van der Waals surface area contributed by atoms with Crippen molar-refractivity contribution in [1.29, 1.82) is 0 Å². The Hall–Kier alpha value is -3.05. The van der Waals surface area contributed by atoms with Crippen LogP contribution in [-0.4, -0.2) is 19.7 Å². The van der Waals surface area contributed by atoms with E-state index >= 15 is 0 Å². The molecule has 0 bridgehead atoms. The Labute approximate surface area is 156 Å². The molecule has 1 aliphatic heterocycles. The van der Waals surface area contributed by atoms with E-state index in [1.807, 2.05) is 54.5 Å². The number of pyridine rings is 1. The Morgan fingerprint density at radius 1 is 1.07 bits per heavy atom. The molecule has 4 aromatic rings. The minimum atomic E-state index is -0.166. The molecule has 0 amide bonds. The Morgan fingerprint density at radius 3 is 2.89 bits per heavy atom. The van der Waals surface area contributed by atoms with Crippen LogP contribution < -0.4 is 0 Å². The van der Waals surface area contributed by atoms with E-state index in [1.165, 1.54) is 5.56 Å². The number of aromatic nitrogens is 3. The summed E-state index contributed by atoms with van der Waals surface area (Å²) in [7, 11) is 1.92. The van der Waals surface area contributed by atoms with Gasteiger partial charge in [-0.25, -0.2) is 4.39 Å². The zero-order valence-corrected chi connectivity index (χ0v) is 15.1. The van der Waals surface area contributed by atoms with Gasteiger partial charge in [-0.15, -0.1) is 0 Å². The van der Waals surface area contributed by atoms with Crippen LogP contribution in [0.5, 0.6) is 0 Å². The number of halogens is 1. The highest BCUT2D eigenvalue weighted by atomic mass is 19.1. The molecule has 0 unspecified atom stereocenters. The second-order valence-electron chi connectivity index (χ2n) is 7.10. The van der Waals surface area contributed by atoms with Gasteiger partial charge in [-0.3, -0.25) is 14.6 Å². The quantitative estimate of drug-likeness (QED) is 0.548. The van der Waals surface area contributed by atoms with Crippen molar-refractivity contribution in [3.8, 4) is 11.1 Å². The maximum absolute atomic E-state index is 14.5. The number of nitrogens with zero attached hydrogens (tertiary/aromatic N) is 4. The molecule has 134 valence electrons. The van der Waals surface area contributed by atoms with Crippen LogP contribution >= 0.6 is 0 Å². The van der Waals surface area contributed by atoms with Crippen molar-refractivity contribution in [2.75, 3.05) is 0 Å². The molecule has 0 aliphatic carbocycles. The van der Waals surface area contributed by atoms with Gasteiger partial charge in [0.25, 0.3) is 0 Å². The topological polar surface area (TPSA) is 34.0 Å². The lowest BCUT2D eigenvalue weighted by Crippen LogP contribution is -2.16. The maximum atomic E-state index is 14.5. The fraction of sp³-hybridized carbons (Fsp3) is 0.182. The van der Waals surface area contributed by atoms with Crippen LogP contribution in [0.4, 0.5) is 4.39 Å². The van der Waals surface area contributed by atoms with Gasteiger partial charge in [0, 0.05) is 50.0 Å². The molecule has 27 heavy (non-hydrogen) atoms. The third-order valence-corrected chi connectivity index (χ3v) is 5.17. The highest BCUT2D eigenvalue weighted by Crippen LogP contribution is 2.30. The molecule has 0 atom stereocenters. The van der Waals surface area contributed by atoms with Crippen LogP contribution in [0.25, 0.3) is 22.0 Å². The molecule has 3 heterocycles. The minimum Gasteiger partial charge on any atom is -0.289 e. The summed E-state index contributed by atoms with van der Waals surface area (Å²) in [4.78, 5) is 6.66. The minimum absolute atomic E-state index is 0.166. The van der Waals surface area contributed by atoms with E-state index in [-0.39, 0.29) is 5.82 Å². The Morgan fingerprint density at radius 2 is 2.00 bits per heavy atom. The molecular formula is C22H19FN4. The van der Waals surface area contributed by atoms with Gasteiger partial charge in [-0.1, -0.05) is 24.3 Å². The molecule has 0 saturated carbocycles. The van der Waals surface area contributed by atoms with Crippen LogP contribution in [0.1, 0.15) is 16.8 Å². The smallest absolute Gasteiger partial charge is 0.127 e. The number of benzene rings is 2. The summed E-state index contributed by atoms with van der Waals surface area (Å²) >= 11 is 0. The average molecular weight is 358 g/mol. The molecule has 4 nitrogen and oxygen atoms in total. The van der Waals surface area contributed by atoms with E-state index in [4.69, 9.17) is 0 Å². The fourth-order valence-electron chi connectivity index (χ4n) is 3.90. The summed E-state index contributed by atoms with van der Waals surface area (Å²) in [6.45, 7) is 2.14. The number of aryl methyl sites for hydroxylation is 1. The van der Waals surface area contributed by atoms with E-state index in [1.54, 1.807) is 6.07 Å². The van der Waals surface area contributed by atoms with Crippen LogP contribution in [-0.2, 0) is 26.7 Å². The summed E-state index contributed by atoms with van der Waals surface area (Å²) in [5.74, 6) is -0.166. The Bertz CT molecular complexity index is 1120. The molecule has 1 aliphatic rings. The van der Waals surface area contributed by atoms with E-state index in [0.717, 1.165) is 40.8 Å². The van der Waals surface area contributed by atoms with Crippen molar-refractivity contribution in [2.45, 2.75) is 19.6 Å². The zero-order chi connectivity index (χ0) is 18.4. The first-order valence-corrected chi connectivity index (χ1v) is 9.04. The first kappa shape index (κ1) is 16.1. The van der Waals surface area contributed by atoms with Crippen molar-refractivity contribution >= 4 is 10.9 Å². The molecule has 5 heteroatoms. The van der Waals surface area contributed by atoms with E-state index in [0.29, 0.717) is 12.1 Å². The summed E-state index contributed by atoms with van der Waals surface area (Å²) in [5.41, 5.74) is 6.07. The van der Waals surface area contributed by atoms with Gasteiger partial charge >= 0.3 is 0 Å². The van der Waals surface area contributed by atoms with Crippen LogP contribution in [0.3, 0.4) is 0 Å². The molecule has 5 rings (SSSR count). The number of hydrogen-bond donors (Lipinski definition) is 0. The van der Waals surface area contributed by atoms with Gasteiger partial charge in [-0.2, -0.15) is 5.10 Å². The third-order valence-electron chi connectivity index (χ3n) is 5.17. The van der Waals surface area contributed by atoms with Gasteiger partial charge in [0.15, 0.2) is 0 Å². The third kappa shape index (κ3) is 2.90. The zero-order valence-electron chi connectivity index (χ0n) is 15.1. The second kappa shape index (κ2) is 6.28. The standard InChI is InChI=1S/C22H19FN4/c1-26-13-19-18(5-2-6-21(19)25-26)15-7-8-20(23)17(10-15)12-27-11-16-4-3-9-24-22(16)14-27/h2-10,13H,11-12,14H2,1H3. The first-order chi connectivity index (χ1) is 13.2. The van der Waals surface area contributed by atoms with Crippen molar-refractivity contribution in [3.05, 3.63) is 83.6 Å². The Kier molecular flexibility index (Phi) is 3.76. The normalized spacial score (nSPS) is 14.0. The van der Waals surface area contributed by atoms with Gasteiger partial charge in [0.1, 0.15) is 5.82 Å². The lowest BCUT2D eigenvalue weighted by atomic mass is 9.99. The van der Waals surface area contributed by atoms with Gasteiger partial charge in [0.2, 0.25) is 0 Å². The summed E-state index contributed by atoms with van der Waals surface area (Å²) < 4.78 is 16.3. The average Bonchev–Trinajstić information content (AvgIpc) is 3.25. The van der Waals surface area contributed by atoms with Crippen LogP contribution in [0.2, 0.25) is 0 Å². The highest BCUT2D eigenvalue weighted by Gasteiger charge is 2.21. The van der Waals surface area contributed by atoms with Crippen molar-refractivity contribution in [3.63, 3.8) is 0 Å². The largest absolute Gasteiger partial charge is 0.289 e. The lowest BCUT2D eigenvalue weighted by Gasteiger charge is -2.16. The van der Waals surface area contributed by atoms with Crippen LogP contribution in [0, 0.1) is 5.82 Å². The predicted molar refractivity (Wildman–Crippen MR) is 103 cm³/mol. The van der Waals surface area contributed by atoms with E-state index in [2.05, 4.69) is 27.1 Å².